The third kappa shape index (κ3) is 3.44. The van der Waals surface area contributed by atoms with Gasteiger partial charge >= 0.3 is 11.7 Å². The Morgan fingerprint density at radius 3 is 2.67 bits per heavy atom. The smallest absolute Gasteiger partial charge is 0.342 e. The van der Waals surface area contributed by atoms with Gasteiger partial charge in [0, 0.05) is 6.54 Å². The Kier molecular flexibility index (Phi) is 4.65. The Balaban J connectivity index is 3.00. The number of hydrogen-bond acceptors (Lipinski definition) is 4. The van der Waals surface area contributed by atoms with Gasteiger partial charge < -0.3 is 10.4 Å². The maximum Gasteiger partial charge on any atom is 0.342 e. The highest BCUT2D eigenvalue weighted by Crippen LogP contribution is 2.28. The number of nitrogens with zero attached hydrogens (tertiary/aromatic N) is 1. The van der Waals surface area contributed by atoms with E-state index < -0.39 is 10.9 Å². The molecule has 0 spiro atoms. The summed E-state index contributed by atoms with van der Waals surface area (Å²) < 4.78 is 0. The van der Waals surface area contributed by atoms with E-state index in [-0.39, 0.29) is 16.9 Å². The summed E-state index contributed by atoms with van der Waals surface area (Å²) in [5.41, 5.74) is -0.427. The molecule has 0 saturated heterocycles. The van der Waals surface area contributed by atoms with Gasteiger partial charge in [-0.15, -0.1) is 0 Å². The minimum absolute atomic E-state index is 0.251. The van der Waals surface area contributed by atoms with E-state index in [9.17, 15) is 14.9 Å². The molecule has 0 amide bonds. The number of nitrogens with one attached hydrogen (secondary N) is 1. The fourth-order valence-electron chi connectivity index (χ4n) is 1.55. The van der Waals surface area contributed by atoms with Crippen LogP contribution in [0.15, 0.2) is 18.2 Å². The lowest BCUT2D eigenvalue weighted by Gasteiger charge is -2.09. The quantitative estimate of drug-likeness (QED) is 0.599. The van der Waals surface area contributed by atoms with Crippen LogP contribution in [0.3, 0.4) is 0 Å². The second-order valence-corrected chi connectivity index (χ2v) is 4.37. The predicted octanol–water partition coefficient (Wildman–Crippen LogP) is 2.75. The summed E-state index contributed by atoms with van der Waals surface area (Å²) in [7, 11) is 0. The van der Waals surface area contributed by atoms with Crippen molar-refractivity contribution < 1.29 is 14.8 Å². The molecule has 1 rings (SSSR count). The number of nitro benzene ring substituents is 1. The van der Waals surface area contributed by atoms with Crippen LogP contribution in [0.5, 0.6) is 0 Å². The van der Waals surface area contributed by atoms with E-state index in [0.717, 1.165) is 6.42 Å². The van der Waals surface area contributed by atoms with Crippen molar-refractivity contribution in [2.45, 2.75) is 20.3 Å². The Morgan fingerprint density at radius 2 is 2.17 bits per heavy atom. The van der Waals surface area contributed by atoms with Gasteiger partial charge in [0.05, 0.1) is 4.92 Å². The number of carboxylic acids is 1. The minimum atomic E-state index is -1.30. The lowest BCUT2D eigenvalue weighted by molar-refractivity contribution is -0.384. The van der Waals surface area contributed by atoms with Gasteiger partial charge in [-0.1, -0.05) is 19.9 Å². The van der Waals surface area contributed by atoms with Crippen LogP contribution >= 0.6 is 0 Å². The van der Waals surface area contributed by atoms with Crippen molar-refractivity contribution in [2.24, 2.45) is 5.92 Å². The normalized spacial score (nSPS) is 10.4. The van der Waals surface area contributed by atoms with Crippen molar-refractivity contribution in [3.8, 4) is 0 Å². The van der Waals surface area contributed by atoms with Crippen molar-refractivity contribution in [1.82, 2.24) is 0 Å². The Labute approximate surface area is 105 Å². The molecule has 0 atom stereocenters. The van der Waals surface area contributed by atoms with Crippen LogP contribution < -0.4 is 5.32 Å². The van der Waals surface area contributed by atoms with Gasteiger partial charge in [-0.25, -0.2) is 4.79 Å². The van der Waals surface area contributed by atoms with Crippen molar-refractivity contribution in [3.05, 3.63) is 33.9 Å². The molecule has 6 nitrogen and oxygen atoms in total. The van der Waals surface area contributed by atoms with Crippen molar-refractivity contribution >= 4 is 17.3 Å². The van der Waals surface area contributed by atoms with Gasteiger partial charge in [-0.3, -0.25) is 10.1 Å². The van der Waals surface area contributed by atoms with Crippen molar-refractivity contribution in [2.75, 3.05) is 11.9 Å². The van der Waals surface area contributed by atoms with E-state index in [2.05, 4.69) is 5.32 Å². The Hall–Kier alpha value is -2.11. The van der Waals surface area contributed by atoms with Gasteiger partial charge in [0.1, 0.15) is 11.3 Å². The maximum atomic E-state index is 10.9. The Morgan fingerprint density at radius 1 is 1.50 bits per heavy atom. The van der Waals surface area contributed by atoms with Crippen LogP contribution in [-0.4, -0.2) is 22.5 Å². The van der Waals surface area contributed by atoms with E-state index in [1.54, 1.807) is 0 Å². The minimum Gasteiger partial charge on any atom is -0.477 e. The summed E-state index contributed by atoms with van der Waals surface area (Å²) in [5, 5.41) is 22.8. The van der Waals surface area contributed by atoms with E-state index in [4.69, 9.17) is 5.11 Å². The molecule has 0 saturated carbocycles. The van der Waals surface area contributed by atoms with Crippen LogP contribution in [-0.2, 0) is 0 Å². The molecular weight excluding hydrogens is 236 g/mol. The van der Waals surface area contributed by atoms with Crippen molar-refractivity contribution in [3.63, 3.8) is 0 Å². The highest BCUT2D eigenvalue weighted by atomic mass is 16.6. The zero-order valence-electron chi connectivity index (χ0n) is 10.3. The number of para-hydroxylation sites is 1. The summed E-state index contributed by atoms with van der Waals surface area (Å²) in [6.07, 6.45) is 0.856. The first-order valence-corrected chi connectivity index (χ1v) is 5.68. The second-order valence-electron chi connectivity index (χ2n) is 4.37. The van der Waals surface area contributed by atoms with E-state index >= 15 is 0 Å². The standard InChI is InChI=1S/C12H16N2O4/c1-8(2)6-7-13-10-5-3-4-9(12(15)16)11(10)14(17)18/h3-5,8,13H,6-7H2,1-2H3,(H,15,16). The second kappa shape index (κ2) is 6.00. The molecule has 2 N–H and O–H groups in total. The number of nitro groups is 1. The van der Waals surface area contributed by atoms with E-state index in [1.807, 2.05) is 13.8 Å². The SMILES string of the molecule is CC(C)CCNc1cccc(C(=O)O)c1[N+](=O)[O-]. The fraction of sp³-hybridized carbons (Fsp3) is 0.417. The van der Waals surface area contributed by atoms with Gasteiger partial charge in [0.15, 0.2) is 0 Å². The topological polar surface area (TPSA) is 92.5 Å². The number of anilines is 1. The fourth-order valence-corrected chi connectivity index (χ4v) is 1.55. The number of carboxylic acid groups (broad SMARTS) is 1. The summed E-state index contributed by atoms with van der Waals surface area (Å²) in [6.45, 7) is 4.66. The molecule has 0 aromatic heterocycles. The van der Waals surface area contributed by atoms with Crippen LogP contribution in [0.1, 0.15) is 30.6 Å². The first-order valence-electron chi connectivity index (χ1n) is 5.68. The predicted molar refractivity (Wildman–Crippen MR) is 68.0 cm³/mol. The number of aromatic carboxylic acids is 1. The monoisotopic (exact) mass is 252 g/mol. The summed E-state index contributed by atoms with van der Waals surface area (Å²) in [6, 6.07) is 4.24. The highest BCUT2D eigenvalue weighted by molar-refractivity contribution is 5.95. The zero-order chi connectivity index (χ0) is 13.7. The first kappa shape index (κ1) is 14.0. The molecule has 6 heteroatoms. The molecule has 0 fully saturated rings. The number of carbonyl (C=O) groups is 1. The van der Waals surface area contributed by atoms with E-state index in [0.29, 0.717) is 12.5 Å². The molecule has 0 aliphatic carbocycles. The highest BCUT2D eigenvalue weighted by Gasteiger charge is 2.23. The van der Waals surface area contributed by atoms with Crippen LogP contribution in [0.25, 0.3) is 0 Å². The molecule has 0 bridgehead atoms. The molecule has 0 aliphatic rings. The average molecular weight is 252 g/mol. The Bertz CT molecular complexity index is 457. The third-order valence-electron chi connectivity index (χ3n) is 2.49. The van der Waals surface area contributed by atoms with Crippen LogP contribution in [0.2, 0.25) is 0 Å². The zero-order valence-corrected chi connectivity index (χ0v) is 10.3. The van der Waals surface area contributed by atoms with Crippen LogP contribution in [0.4, 0.5) is 11.4 Å². The summed E-state index contributed by atoms with van der Waals surface area (Å²) >= 11 is 0. The average Bonchev–Trinajstić information content (AvgIpc) is 2.27. The largest absolute Gasteiger partial charge is 0.477 e. The number of rotatable bonds is 6. The third-order valence-corrected chi connectivity index (χ3v) is 2.49. The molecule has 0 unspecified atom stereocenters. The molecule has 1 aromatic carbocycles. The maximum absolute atomic E-state index is 10.9. The summed E-state index contributed by atoms with van der Waals surface area (Å²) in [5.74, 6) is -0.826. The van der Waals surface area contributed by atoms with Gasteiger partial charge in [-0.2, -0.15) is 0 Å². The summed E-state index contributed by atoms with van der Waals surface area (Å²) in [4.78, 5) is 21.2. The molecular formula is C12H16N2O4. The molecule has 0 heterocycles. The van der Waals surface area contributed by atoms with Crippen molar-refractivity contribution in [1.29, 1.82) is 0 Å². The van der Waals surface area contributed by atoms with E-state index in [1.165, 1.54) is 18.2 Å². The first-order chi connectivity index (χ1) is 8.43. The molecule has 1 aromatic rings. The lowest BCUT2D eigenvalue weighted by Crippen LogP contribution is -2.10. The lowest BCUT2D eigenvalue weighted by atomic mass is 10.1. The number of benzene rings is 1. The molecule has 0 aliphatic heterocycles. The van der Waals surface area contributed by atoms with Gasteiger partial charge in [0.25, 0.3) is 0 Å². The molecule has 18 heavy (non-hydrogen) atoms. The van der Waals surface area contributed by atoms with Crippen LogP contribution in [0, 0.1) is 16.0 Å². The van der Waals surface area contributed by atoms with Gasteiger partial charge in [0.2, 0.25) is 0 Å². The molecule has 0 radical (unpaired) electrons. The molecule has 98 valence electrons. The van der Waals surface area contributed by atoms with Gasteiger partial charge in [-0.05, 0) is 24.5 Å². The number of hydrogen-bond donors (Lipinski definition) is 2.